The third-order valence-electron chi connectivity index (χ3n) is 6.35. The van der Waals surface area contributed by atoms with Crippen LogP contribution in [0.2, 0.25) is 0 Å². The Morgan fingerprint density at radius 2 is 1.49 bits per heavy atom. The van der Waals surface area contributed by atoms with E-state index in [0.717, 1.165) is 41.5 Å². The molecule has 0 aliphatic heterocycles. The van der Waals surface area contributed by atoms with Crippen LogP contribution in [0.15, 0.2) is 53.3 Å². The van der Waals surface area contributed by atoms with E-state index in [1.54, 1.807) is 7.11 Å². The maximum Gasteiger partial charge on any atom is 0.251 e. The number of pyridine rings is 1. The Hall–Kier alpha value is -2.59. The zero-order valence-corrected chi connectivity index (χ0v) is 22.5. The first-order chi connectivity index (χ1) is 17.1. The van der Waals surface area contributed by atoms with Crippen molar-refractivity contribution in [3.05, 3.63) is 75.6 Å². The maximum absolute atomic E-state index is 12.1. The highest BCUT2D eigenvalue weighted by Crippen LogP contribution is 2.32. The van der Waals surface area contributed by atoms with Gasteiger partial charge in [-0.15, -0.1) is 0 Å². The maximum atomic E-state index is 12.1. The molecule has 3 rings (SSSR count). The Balaban J connectivity index is 0.000000540. The van der Waals surface area contributed by atoms with Crippen molar-refractivity contribution in [3.8, 4) is 5.75 Å². The molecule has 0 spiro atoms. The summed E-state index contributed by atoms with van der Waals surface area (Å²) in [5.41, 5.74) is 4.28. The van der Waals surface area contributed by atoms with Gasteiger partial charge in [-0.1, -0.05) is 84.4 Å². The number of nitrogens with one attached hydrogen (secondary N) is 1. The standard InChI is InChI=1S/C24H29NO3.C7H16/c1-4-6-22(18-7-10-21(11-8-18)28-14-13-27-3)19-9-12-23-20(16-19)15-17(5-2)24(26)25-23;1-3-5-7-6-4-2/h7-12,15-16,22H,4-6,13-14H2,1-3H3,(H,25,26);3-7H2,1-2H3/t22-;/m1./s1. The summed E-state index contributed by atoms with van der Waals surface area (Å²) in [4.78, 5) is 15.1. The summed E-state index contributed by atoms with van der Waals surface area (Å²) in [6.07, 6.45) is 9.91. The molecule has 0 saturated carbocycles. The van der Waals surface area contributed by atoms with Gasteiger partial charge in [0.2, 0.25) is 0 Å². The topological polar surface area (TPSA) is 51.3 Å². The summed E-state index contributed by atoms with van der Waals surface area (Å²) in [5.74, 6) is 1.18. The van der Waals surface area contributed by atoms with E-state index < -0.39 is 0 Å². The van der Waals surface area contributed by atoms with E-state index in [0.29, 0.717) is 19.1 Å². The smallest absolute Gasteiger partial charge is 0.251 e. The SMILES string of the molecule is CCCCCCC.CCC[C@H](c1ccc(OCCOC)cc1)c1ccc2[nH]c(=O)c(CC)cc2c1. The van der Waals surface area contributed by atoms with Gasteiger partial charge in [-0.05, 0) is 59.7 Å². The molecular formula is C31H45NO3. The summed E-state index contributed by atoms with van der Waals surface area (Å²) in [6, 6.07) is 16.8. The van der Waals surface area contributed by atoms with E-state index in [9.17, 15) is 4.79 Å². The number of ether oxygens (including phenoxy) is 2. The fourth-order valence-corrected chi connectivity index (χ4v) is 4.28. The molecule has 1 heterocycles. The number of rotatable bonds is 13. The highest BCUT2D eigenvalue weighted by atomic mass is 16.5. The first kappa shape index (κ1) is 28.6. The number of hydrogen-bond donors (Lipinski definition) is 1. The van der Waals surface area contributed by atoms with Gasteiger partial charge in [-0.3, -0.25) is 4.79 Å². The van der Waals surface area contributed by atoms with Crippen LogP contribution < -0.4 is 10.3 Å². The number of aromatic amines is 1. The Morgan fingerprint density at radius 3 is 2.09 bits per heavy atom. The van der Waals surface area contributed by atoms with Crippen LogP contribution in [-0.4, -0.2) is 25.3 Å². The Labute approximate surface area is 212 Å². The molecule has 1 aromatic heterocycles. The molecule has 0 aliphatic carbocycles. The predicted molar refractivity (Wildman–Crippen MR) is 149 cm³/mol. The van der Waals surface area contributed by atoms with E-state index >= 15 is 0 Å². The number of aromatic nitrogens is 1. The lowest BCUT2D eigenvalue weighted by Gasteiger charge is -2.19. The van der Waals surface area contributed by atoms with Gasteiger partial charge in [0.1, 0.15) is 12.4 Å². The molecule has 1 atom stereocenters. The largest absolute Gasteiger partial charge is 0.491 e. The second-order valence-electron chi connectivity index (χ2n) is 9.14. The van der Waals surface area contributed by atoms with Gasteiger partial charge in [-0.2, -0.15) is 0 Å². The molecule has 0 amide bonds. The van der Waals surface area contributed by atoms with Crippen LogP contribution in [0.1, 0.15) is 95.2 Å². The van der Waals surface area contributed by atoms with Gasteiger partial charge >= 0.3 is 0 Å². The number of methoxy groups -OCH3 is 1. The lowest BCUT2D eigenvalue weighted by Crippen LogP contribution is -2.11. The van der Waals surface area contributed by atoms with E-state index in [1.807, 2.05) is 31.2 Å². The van der Waals surface area contributed by atoms with Gasteiger partial charge < -0.3 is 14.5 Å². The number of benzene rings is 2. The number of hydrogen-bond acceptors (Lipinski definition) is 3. The van der Waals surface area contributed by atoms with Gasteiger partial charge in [0.25, 0.3) is 5.56 Å². The number of H-pyrrole nitrogens is 1. The van der Waals surface area contributed by atoms with Crippen molar-refractivity contribution in [2.75, 3.05) is 20.3 Å². The van der Waals surface area contributed by atoms with Crippen molar-refractivity contribution in [1.82, 2.24) is 4.98 Å². The first-order valence-electron chi connectivity index (χ1n) is 13.4. The first-order valence-corrected chi connectivity index (χ1v) is 13.4. The van der Waals surface area contributed by atoms with E-state index in [4.69, 9.17) is 9.47 Å². The molecule has 0 saturated heterocycles. The molecule has 0 fully saturated rings. The van der Waals surface area contributed by atoms with Gasteiger partial charge in [0, 0.05) is 24.1 Å². The molecule has 0 radical (unpaired) electrons. The van der Waals surface area contributed by atoms with Crippen LogP contribution in [0.3, 0.4) is 0 Å². The lowest BCUT2D eigenvalue weighted by atomic mass is 9.87. The minimum Gasteiger partial charge on any atom is -0.491 e. The van der Waals surface area contributed by atoms with Crippen molar-refractivity contribution >= 4 is 10.9 Å². The van der Waals surface area contributed by atoms with Crippen LogP contribution in [0.25, 0.3) is 10.9 Å². The normalized spacial score (nSPS) is 11.7. The molecule has 35 heavy (non-hydrogen) atoms. The monoisotopic (exact) mass is 479 g/mol. The van der Waals surface area contributed by atoms with E-state index in [-0.39, 0.29) is 5.56 Å². The predicted octanol–water partition coefficient (Wildman–Crippen LogP) is 8.02. The van der Waals surface area contributed by atoms with E-state index in [1.165, 1.54) is 43.2 Å². The fraction of sp³-hybridized carbons (Fsp3) is 0.516. The summed E-state index contributed by atoms with van der Waals surface area (Å²) in [6.45, 7) is 9.85. The molecule has 2 aromatic carbocycles. The lowest BCUT2D eigenvalue weighted by molar-refractivity contribution is 0.146. The third kappa shape index (κ3) is 9.18. The molecule has 192 valence electrons. The summed E-state index contributed by atoms with van der Waals surface area (Å²) >= 11 is 0. The molecule has 1 N–H and O–H groups in total. The van der Waals surface area contributed by atoms with Crippen molar-refractivity contribution in [2.45, 2.75) is 85.0 Å². The highest BCUT2D eigenvalue weighted by Gasteiger charge is 2.15. The molecule has 0 bridgehead atoms. The van der Waals surface area contributed by atoms with Crippen molar-refractivity contribution < 1.29 is 9.47 Å². The summed E-state index contributed by atoms with van der Waals surface area (Å²) in [7, 11) is 1.67. The Morgan fingerprint density at radius 1 is 0.800 bits per heavy atom. The third-order valence-corrected chi connectivity index (χ3v) is 6.35. The average Bonchev–Trinajstić information content (AvgIpc) is 2.88. The van der Waals surface area contributed by atoms with E-state index in [2.05, 4.69) is 50.0 Å². The Kier molecular flexibility index (Phi) is 13.2. The van der Waals surface area contributed by atoms with Crippen LogP contribution in [-0.2, 0) is 11.2 Å². The summed E-state index contributed by atoms with van der Waals surface area (Å²) < 4.78 is 10.7. The van der Waals surface area contributed by atoms with Gasteiger partial charge in [0.15, 0.2) is 0 Å². The molecule has 4 heteroatoms. The quantitative estimate of drug-likeness (QED) is 0.252. The minimum atomic E-state index is 0.0110. The van der Waals surface area contributed by atoms with Crippen LogP contribution in [0, 0.1) is 0 Å². The van der Waals surface area contributed by atoms with Crippen molar-refractivity contribution in [1.29, 1.82) is 0 Å². The fourth-order valence-electron chi connectivity index (χ4n) is 4.28. The molecule has 0 unspecified atom stereocenters. The van der Waals surface area contributed by atoms with Gasteiger partial charge in [-0.25, -0.2) is 0 Å². The molecular weight excluding hydrogens is 434 g/mol. The highest BCUT2D eigenvalue weighted by molar-refractivity contribution is 5.80. The molecule has 0 aliphatic rings. The second-order valence-corrected chi connectivity index (χ2v) is 9.14. The molecule has 4 nitrogen and oxygen atoms in total. The van der Waals surface area contributed by atoms with Crippen LogP contribution in [0.5, 0.6) is 5.75 Å². The Bertz CT molecular complexity index is 1040. The zero-order chi connectivity index (χ0) is 25.5. The average molecular weight is 480 g/mol. The zero-order valence-electron chi connectivity index (χ0n) is 22.5. The minimum absolute atomic E-state index is 0.0110. The van der Waals surface area contributed by atoms with Crippen LogP contribution >= 0.6 is 0 Å². The van der Waals surface area contributed by atoms with Crippen LogP contribution in [0.4, 0.5) is 0 Å². The second kappa shape index (κ2) is 16.1. The van der Waals surface area contributed by atoms with Crippen molar-refractivity contribution in [2.24, 2.45) is 0 Å². The summed E-state index contributed by atoms with van der Waals surface area (Å²) in [5, 5.41) is 1.09. The number of unbranched alkanes of at least 4 members (excludes halogenated alkanes) is 4. The van der Waals surface area contributed by atoms with Crippen molar-refractivity contribution in [3.63, 3.8) is 0 Å². The number of fused-ring (bicyclic) bond motifs is 1. The molecule has 3 aromatic rings. The number of aryl methyl sites for hydroxylation is 1. The van der Waals surface area contributed by atoms with Gasteiger partial charge in [0.05, 0.1) is 6.61 Å².